The Balaban J connectivity index is 0. The Morgan fingerprint density at radius 2 is 1.71 bits per heavy atom. The summed E-state index contributed by atoms with van der Waals surface area (Å²) >= 11 is 0. The molecule has 0 saturated heterocycles. The fourth-order valence-corrected chi connectivity index (χ4v) is 0.333. The lowest BCUT2D eigenvalue weighted by Gasteiger charge is -1.88. The van der Waals surface area contributed by atoms with E-state index in [-0.39, 0.29) is 6.42 Å². The molecule has 1 N–H and O–H groups in total. The van der Waals surface area contributed by atoms with Crippen molar-refractivity contribution in [1.29, 1.82) is 0 Å². The van der Waals surface area contributed by atoms with Crippen LogP contribution in [0.3, 0.4) is 0 Å². The first kappa shape index (κ1) is 15.1. The molecule has 0 bridgehead atoms. The van der Waals surface area contributed by atoms with Gasteiger partial charge in [-0.1, -0.05) is 0 Å². The minimum Gasteiger partial charge on any atom is -0.481 e. The van der Waals surface area contributed by atoms with Crippen LogP contribution in [-0.2, 0) is 23.9 Å². The van der Waals surface area contributed by atoms with Crippen LogP contribution >= 0.6 is 0 Å². The third-order valence-electron chi connectivity index (χ3n) is 0.993. The number of carboxylic acids is 1. The van der Waals surface area contributed by atoms with E-state index in [1.54, 1.807) is 0 Å². The van der Waals surface area contributed by atoms with Crippen molar-refractivity contribution in [3.8, 4) is 0 Å². The molecule has 0 aliphatic carbocycles. The predicted molar refractivity (Wildman–Crippen MR) is 46.8 cm³/mol. The monoisotopic (exact) mass is 206 g/mol. The van der Waals surface area contributed by atoms with Crippen LogP contribution in [-0.4, -0.2) is 43.7 Å². The highest BCUT2D eigenvalue weighted by Crippen LogP contribution is 1.76. The largest absolute Gasteiger partial charge is 0.481 e. The van der Waals surface area contributed by atoms with E-state index in [0.717, 1.165) is 6.92 Å². The molecule has 0 aliphatic heterocycles. The maximum absolute atomic E-state index is 9.94. The van der Waals surface area contributed by atoms with E-state index in [1.165, 1.54) is 14.2 Å². The van der Waals surface area contributed by atoms with Crippen LogP contribution in [0.2, 0.25) is 0 Å². The van der Waals surface area contributed by atoms with E-state index in [2.05, 4.69) is 9.47 Å². The Hall–Kier alpha value is -1.43. The number of esters is 1. The van der Waals surface area contributed by atoms with Crippen molar-refractivity contribution >= 4 is 17.7 Å². The minimum atomic E-state index is -0.818. The number of carbonyl (C=O) groups is 3. The van der Waals surface area contributed by atoms with Crippen LogP contribution in [0, 0.1) is 0 Å². The summed E-state index contributed by atoms with van der Waals surface area (Å²) in [6, 6.07) is 0. The highest BCUT2D eigenvalue weighted by atomic mass is 16.5. The van der Waals surface area contributed by atoms with Gasteiger partial charge in [0.05, 0.1) is 20.1 Å². The second-order valence-electron chi connectivity index (χ2n) is 2.18. The molecule has 6 nitrogen and oxygen atoms in total. The van der Waals surface area contributed by atoms with Crippen molar-refractivity contribution in [2.75, 3.05) is 20.8 Å². The first-order valence-corrected chi connectivity index (χ1v) is 3.75. The Bertz CT molecular complexity index is 198. The summed E-state index contributed by atoms with van der Waals surface area (Å²) < 4.78 is 8.49. The lowest BCUT2D eigenvalue weighted by atomic mass is 10.5. The topological polar surface area (TPSA) is 89.9 Å². The van der Waals surface area contributed by atoms with Crippen LogP contribution in [0.5, 0.6) is 0 Å². The van der Waals surface area contributed by atoms with Gasteiger partial charge in [0.2, 0.25) is 5.78 Å². The smallest absolute Gasteiger partial charge is 0.374 e. The lowest BCUT2D eigenvalue weighted by molar-refractivity contribution is -0.150. The summed E-state index contributed by atoms with van der Waals surface area (Å²) in [6.45, 7) is 1.46. The number of carboxylic acid groups (broad SMARTS) is 1. The number of ketones is 1. The van der Waals surface area contributed by atoms with Crippen LogP contribution in [0.25, 0.3) is 0 Å². The molecule has 0 spiro atoms. The number of ether oxygens (including phenoxy) is 2. The average molecular weight is 206 g/mol. The van der Waals surface area contributed by atoms with E-state index in [9.17, 15) is 14.4 Å². The summed E-state index contributed by atoms with van der Waals surface area (Å²) in [5, 5.41) is 7.96. The quantitative estimate of drug-likeness (QED) is 0.508. The Labute approximate surface area is 81.8 Å². The van der Waals surface area contributed by atoms with Crippen molar-refractivity contribution < 1.29 is 29.0 Å². The average Bonchev–Trinajstić information content (AvgIpc) is 2.14. The van der Waals surface area contributed by atoms with Crippen molar-refractivity contribution in [3.05, 3.63) is 0 Å². The number of hydrogen-bond donors (Lipinski definition) is 1. The van der Waals surface area contributed by atoms with E-state index in [0.29, 0.717) is 6.61 Å². The Kier molecular flexibility index (Phi) is 10.4. The first-order valence-electron chi connectivity index (χ1n) is 3.75. The molecule has 14 heavy (non-hydrogen) atoms. The van der Waals surface area contributed by atoms with Crippen molar-refractivity contribution in [2.24, 2.45) is 0 Å². The molecule has 0 radical (unpaired) electrons. The summed E-state index contributed by atoms with van der Waals surface area (Å²) in [7, 11) is 2.65. The van der Waals surface area contributed by atoms with Gasteiger partial charge in [-0.25, -0.2) is 4.79 Å². The third-order valence-corrected chi connectivity index (χ3v) is 0.993. The number of methoxy groups -OCH3 is 2. The highest BCUT2D eigenvalue weighted by Gasteiger charge is 2.03. The van der Waals surface area contributed by atoms with E-state index >= 15 is 0 Å². The van der Waals surface area contributed by atoms with Gasteiger partial charge in [-0.05, 0) is 0 Å². The first-order chi connectivity index (χ1) is 6.45. The summed E-state index contributed by atoms with van der Waals surface area (Å²) in [6.07, 6.45) is 0.0938. The molecule has 0 aromatic heterocycles. The molecule has 82 valence electrons. The third kappa shape index (κ3) is 13.2. The molecule has 0 aromatic rings. The zero-order chi connectivity index (χ0) is 11.6. The number of rotatable bonds is 4. The molecule has 0 saturated carbocycles. The van der Waals surface area contributed by atoms with Gasteiger partial charge in [-0.3, -0.25) is 9.59 Å². The summed E-state index contributed by atoms with van der Waals surface area (Å²) in [5.41, 5.74) is 0. The van der Waals surface area contributed by atoms with E-state index in [1.807, 2.05) is 0 Å². The molecule has 6 heteroatoms. The van der Waals surface area contributed by atoms with Gasteiger partial charge in [0.15, 0.2) is 0 Å². The minimum absolute atomic E-state index is 0.0938. The maximum atomic E-state index is 9.94. The van der Waals surface area contributed by atoms with Gasteiger partial charge >= 0.3 is 11.9 Å². The summed E-state index contributed by atoms with van der Waals surface area (Å²) in [4.78, 5) is 29.5. The van der Waals surface area contributed by atoms with Crippen LogP contribution in [0.1, 0.15) is 13.3 Å². The normalized spacial score (nSPS) is 8.21. The Morgan fingerprint density at radius 3 is 1.79 bits per heavy atom. The van der Waals surface area contributed by atoms with Crippen LogP contribution in [0.4, 0.5) is 0 Å². The van der Waals surface area contributed by atoms with E-state index < -0.39 is 17.7 Å². The molecular weight excluding hydrogens is 192 g/mol. The van der Waals surface area contributed by atoms with Crippen LogP contribution in [0.15, 0.2) is 0 Å². The fourth-order valence-electron chi connectivity index (χ4n) is 0.333. The number of Topliss-reactive ketones (excluding diaryl/α,β-unsaturated/α-hetero) is 1. The predicted octanol–water partition coefficient (Wildman–Crippen LogP) is -0.144. The Morgan fingerprint density at radius 1 is 1.21 bits per heavy atom. The fraction of sp³-hybridized carbons (Fsp3) is 0.625. The number of aliphatic carboxylic acids is 1. The van der Waals surface area contributed by atoms with Gasteiger partial charge in [0, 0.05) is 14.0 Å². The van der Waals surface area contributed by atoms with Crippen molar-refractivity contribution in [3.63, 3.8) is 0 Å². The molecular formula is C8H14O6. The number of hydrogen-bond acceptors (Lipinski definition) is 5. The molecule has 0 aliphatic rings. The molecule has 0 heterocycles. The van der Waals surface area contributed by atoms with Crippen LogP contribution < -0.4 is 0 Å². The lowest BCUT2D eigenvalue weighted by Crippen LogP contribution is -2.10. The van der Waals surface area contributed by atoms with Gasteiger partial charge in [-0.15, -0.1) is 0 Å². The zero-order valence-corrected chi connectivity index (χ0v) is 8.40. The maximum Gasteiger partial charge on any atom is 0.374 e. The SMILES string of the molecule is COC(=O)C(C)=O.COCCC(=O)O. The number of carbonyl (C=O) groups excluding carboxylic acids is 2. The second-order valence-corrected chi connectivity index (χ2v) is 2.18. The summed E-state index contributed by atoms with van der Waals surface area (Å²) in [5.74, 6) is -2.18. The standard InChI is InChI=1S/C4H8O3.C4H6O3/c1-7-3-2-4(5)6;1-3(5)4(6)7-2/h2-3H2,1H3,(H,5,6);1-2H3. The molecule has 0 rings (SSSR count). The molecule has 0 amide bonds. The highest BCUT2D eigenvalue weighted by molar-refractivity contribution is 6.32. The van der Waals surface area contributed by atoms with Crippen molar-refractivity contribution in [1.82, 2.24) is 0 Å². The van der Waals surface area contributed by atoms with Gasteiger partial charge in [0.1, 0.15) is 0 Å². The molecule has 0 fully saturated rings. The molecule has 0 atom stereocenters. The van der Waals surface area contributed by atoms with Gasteiger partial charge < -0.3 is 14.6 Å². The van der Waals surface area contributed by atoms with Crippen molar-refractivity contribution in [2.45, 2.75) is 13.3 Å². The molecule has 0 unspecified atom stereocenters. The molecule has 0 aromatic carbocycles. The second kappa shape index (κ2) is 9.66. The van der Waals surface area contributed by atoms with E-state index in [4.69, 9.17) is 5.11 Å². The van der Waals surface area contributed by atoms with Gasteiger partial charge in [-0.2, -0.15) is 0 Å². The zero-order valence-electron chi connectivity index (χ0n) is 8.40. The van der Waals surface area contributed by atoms with Gasteiger partial charge in [0.25, 0.3) is 0 Å².